The lowest BCUT2D eigenvalue weighted by Gasteiger charge is -2.60. The summed E-state index contributed by atoms with van der Waals surface area (Å²) >= 11 is 0. The summed E-state index contributed by atoms with van der Waals surface area (Å²) in [4.78, 5) is 2.42. The van der Waals surface area contributed by atoms with E-state index in [2.05, 4.69) is 32.7 Å². The Morgan fingerprint density at radius 1 is 1.35 bits per heavy atom. The highest BCUT2D eigenvalue weighted by Gasteiger charge is 2.58. The molecule has 2 atom stereocenters. The van der Waals surface area contributed by atoms with Gasteiger partial charge in [-0.2, -0.15) is 0 Å². The molecule has 0 aromatic rings. The van der Waals surface area contributed by atoms with E-state index in [-0.39, 0.29) is 11.0 Å². The number of hydrogen-bond acceptors (Lipinski definition) is 3. The molecule has 0 radical (unpaired) electrons. The Hall–Kier alpha value is -0.120. The van der Waals surface area contributed by atoms with Crippen molar-refractivity contribution in [3.8, 4) is 0 Å². The first-order valence-electron chi connectivity index (χ1n) is 6.98. The van der Waals surface area contributed by atoms with Gasteiger partial charge < -0.3 is 15.4 Å². The van der Waals surface area contributed by atoms with E-state index in [9.17, 15) is 0 Å². The van der Waals surface area contributed by atoms with Gasteiger partial charge in [0.05, 0.1) is 6.10 Å². The molecule has 0 heterocycles. The normalized spacial score (nSPS) is 36.0. The number of likely N-dealkylation sites (N-methyl/N-ethyl adjacent to an activating group) is 1. The molecule has 2 rings (SSSR count). The van der Waals surface area contributed by atoms with Crippen LogP contribution in [0.4, 0.5) is 0 Å². The van der Waals surface area contributed by atoms with E-state index in [0.29, 0.717) is 6.10 Å². The number of hydrogen-bond donors (Lipinski definition) is 1. The van der Waals surface area contributed by atoms with Crippen LogP contribution >= 0.6 is 0 Å². The van der Waals surface area contributed by atoms with Crippen molar-refractivity contribution in [3.63, 3.8) is 0 Å². The molecule has 0 spiro atoms. The van der Waals surface area contributed by atoms with Gasteiger partial charge in [-0.25, -0.2) is 0 Å². The van der Waals surface area contributed by atoms with E-state index in [1.54, 1.807) is 0 Å². The molecule has 0 bridgehead atoms. The summed E-state index contributed by atoms with van der Waals surface area (Å²) in [6, 6.07) is 0. The predicted octanol–water partition coefficient (Wildman–Crippen LogP) is 1.86. The molecule has 17 heavy (non-hydrogen) atoms. The Morgan fingerprint density at radius 2 is 2.00 bits per heavy atom. The van der Waals surface area contributed by atoms with Crippen molar-refractivity contribution in [3.05, 3.63) is 0 Å². The van der Waals surface area contributed by atoms with Gasteiger partial charge in [0.1, 0.15) is 0 Å². The van der Waals surface area contributed by atoms with E-state index >= 15 is 0 Å². The number of rotatable bonds is 6. The number of ether oxygens (including phenoxy) is 1. The Bertz CT molecular complexity index is 275. The topological polar surface area (TPSA) is 38.5 Å². The van der Waals surface area contributed by atoms with Gasteiger partial charge in [-0.3, -0.25) is 0 Å². The Kier molecular flexibility index (Phi) is 3.54. The summed E-state index contributed by atoms with van der Waals surface area (Å²) < 4.78 is 5.77. The zero-order valence-electron chi connectivity index (χ0n) is 11.8. The average Bonchev–Trinajstić information content (AvgIpc) is 3.01. The molecule has 100 valence electrons. The van der Waals surface area contributed by atoms with Crippen LogP contribution in [0.3, 0.4) is 0 Å². The van der Waals surface area contributed by atoms with Crippen LogP contribution in [0.2, 0.25) is 0 Å². The molecule has 0 aromatic heterocycles. The van der Waals surface area contributed by atoms with Crippen LogP contribution in [0.5, 0.6) is 0 Å². The molecule has 2 unspecified atom stereocenters. The van der Waals surface area contributed by atoms with Crippen molar-refractivity contribution in [2.75, 3.05) is 26.7 Å². The Balaban J connectivity index is 1.86. The third kappa shape index (κ3) is 2.51. The van der Waals surface area contributed by atoms with Crippen LogP contribution in [-0.4, -0.2) is 43.3 Å². The van der Waals surface area contributed by atoms with Crippen molar-refractivity contribution in [2.45, 2.75) is 51.7 Å². The summed E-state index contributed by atoms with van der Waals surface area (Å²) in [6.07, 6.45) is 4.16. The maximum atomic E-state index is 6.58. The van der Waals surface area contributed by atoms with Crippen LogP contribution in [-0.2, 0) is 4.74 Å². The van der Waals surface area contributed by atoms with Crippen LogP contribution in [0.1, 0.15) is 40.0 Å². The summed E-state index contributed by atoms with van der Waals surface area (Å²) in [5.74, 6) is 0.939. The minimum absolute atomic E-state index is 0.0729. The van der Waals surface area contributed by atoms with Gasteiger partial charge in [0.2, 0.25) is 0 Å². The van der Waals surface area contributed by atoms with Gasteiger partial charge in [-0.05, 0) is 39.2 Å². The first-order chi connectivity index (χ1) is 7.89. The smallest absolute Gasteiger partial charge is 0.0662 e. The zero-order chi connectivity index (χ0) is 12.7. The fourth-order valence-electron chi connectivity index (χ4n) is 3.06. The molecule has 2 fully saturated rings. The molecular weight excluding hydrogens is 212 g/mol. The number of nitrogens with two attached hydrogens (primary N) is 1. The lowest BCUT2D eigenvalue weighted by molar-refractivity contribution is -0.155. The predicted molar refractivity (Wildman–Crippen MR) is 71.0 cm³/mol. The second kappa shape index (κ2) is 4.52. The standard InChI is InChI=1S/C14H28N2O/c1-5-17-12-8-14(15,13(12,2)3)10-16(4)9-11-6-7-11/h11-12H,5-10,15H2,1-4H3. The van der Waals surface area contributed by atoms with Gasteiger partial charge in [0, 0.05) is 30.7 Å². The van der Waals surface area contributed by atoms with Crippen molar-refractivity contribution in [1.29, 1.82) is 0 Å². The second-order valence-electron chi connectivity index (χ2n) is 6.67. The highest BCUT2D eigenvalue weighted by Crippen LogP contribution is 2.50. The number of nitrogens with zero attached hydrogens (tertiary/aromatic N) is 1. The van der Waals surface area contributed by atoms with Gasteiger partial charge in [0.15, 0.2) is 0 Å². The molecule has 2 N–H and O–H groups in total. The van der Waals surface area contributed by atoms with Crippen LogP contribution in [0, 0.1) is 11.3 Å². The Morgan fingerprint density at radius 3 is 2.47 bits per heavy atom. The van der Waals surface area contributed by atoms with E-state index < -0.39 is 0 Å². The van der Waals surface area contributed by atoms with E-state index in [1.165, 1.54) is 19.4 Å². The molecule has 3 heteroatoms. The van der Waals surface area contributed by atoms with Gasteiger partial charge in [-0.15, -0.1) is 0 Å². The minimum atomic E-state index is -0.0729. The zero-order valence-corrected chi connectivity index (χ0v) is 11.8. The monoisotopic (exact) mass is 240 g/mol. The molecule has 0 aromatic carbocycles. The molecular formula is C14H28N2O. The van der Waals surface area contributed by atoms with Crippen molar-refractivity contribution < 1.29 is 4.74 Å². The molecule has 2 aliphatic carbocycles. The third-order valence-electron chi connectivity index (χ3n) is 4.82. The summed E-state index contributed by atoms with van der Waals surface area (Å²) in [5.41, 5.74) is 6.60. The second-order valence-corrected chi connectivity index (χ2v) is 6.67. The summed E-state index contributed by atoms with van der Waals surface area (Å²) in [5, 5.41) is 0. The molecule has 0 saturated heterocycles. The van der Waals surface area contributed by atoms with Crippen molar-refractivity contribution in [2.24, 2.45) is 17.1 Å². The van der Waals surface area contributed by atoms with E-state index in [1.807, 2.05) is 0 Å². The minimum Gasteiger partial charge on any atom is -0.378 e. The highest BCUT2D eigenvalue weighted by molar-refractivity contribution is 5.14. The maximum Gasteiger partial charge on any atom is 0.0662 e. The molecule has 0 amide bonds. The first kappa shape index (κ1) is 13.3. The van der Waals surface area contributed by atoms with Crippen LogP contribution < -0.4 is 5.73 Å². The third-order valence-corrected chi connectivity index (χ3v) is 4.82. The van der Waals surface area contributed by atoms with Crippen molar-refractivity contribution in [1.82, 2.24) is 4.90 Å². The first-order valence-corrected chi connectivity index (χ1v) is 6.98. The molecule has 2 saturated carbocycles. The molecule has 2 aliphatic rings. The van der Waals surface area contributed by atoms with Crippen LogP contribution in [0.25, 0.3) is 0 Å². The lowest BCUT2D eigenvalue weighted by Crippen LogP contribution is -2.73. The van der Waals surface area contributed by atoms with Gasteiger partial charge in [-0.1, -0.05) is 13.8 Å². The summed E-state index contributed by atoms with van der Waals surface area (Å²) in [7, 11) is 2.21. The van der Waals surface area contributed by atoms with Crippen LogP contribution in [0.15, 0.2) is 0 Å². The average molecular weight is 240 g/mol. The van der Waals surface area contributed by atoms with E-state index in [4.69, 9.17) is 10.5 Å². The maximum absolute atomic E-state index is 6.58. The largest absolute Gasteiger partial charge is 0.378 e. The van der Waals surface area contributed by atoms with Gasteiger partial charge >= 0.3 is 0 Å². The molecule has 3 nitrogen and oxygen atoms in total. The molecule has 0 aliphatic heterocycles. The fourth-order valence-corrected chi connectivity index (χ4v) is 3.06. The van der Waals surface area contributed by atoms with Crippen molar-refractivity contribution >= 4 is 0 Å². The SMILES string of the molecule is CCOC1CC(N)(CN(C)CC2CC2)C1(C)C. The highest BCUT2D eigenvalue weighted by atomic mass is 16.5. The van der Waals surface area contributed by atoms with E-state index in [0.717, 1.165) is 25.5 Å². The quantitative estimate of drug-likeness (QED) is 0.770. The fraction of sp³-hybridized carbons (Fsp3) is 1.00. The lowest BCUT2D eigenvalue weighted by atomic mass is 9.54. The van der Waals surface area contributed by atoms with Gasteiger partial charge in [0.25, 0.3) is 0 Å². The summed E-state index contributed by atoms with van der Waals surface area (Å²) in [6.45, 7) is 9.58. The Labute approximate surface area is 106 Å².